The Morgan fingerprint density at radius 2 is 2.33 bits per heavy atom. The molecular weight excluding hydrogens is 314 g/mol. The lowest BCUT2D eigenvalue weighted by atomic mass is 10.2. The normalized spacial score (nSPS) is 10.3. The number of carbonyl (C=O) groups excluding carboxylic acids is 1. The number of carbonyl (C=O) groups is 1. The van der Waals surface area contributed by atoms with E-state index < -0.39 is 0 Å². The number of aryl methyl sites for hydroxylation is 1. The largest absolute Gasteiger partial charge is 0.375 e. The minimum atomic E-state index is -0.0919. The lowest BCUT2D eigenvalue weighted by Gasteiger charge is -2.07. The summed E-state index contributed by atoms with van der Waals surface area (Å²) in [5.74, 6) is -0.0919. The predicted molar refractivity (Wildman–Crippen MR) is 77.7 cm³/mol. The first-order valence-corrected chi connectivity index (χ1v) is 6.98. The Bertz CT molecular complexity index is 582. The first-order valence-electron chi connectivity index (χ1n) is 5.30. The molecule has 0 radical (unpaired) electrons. The Morgan fingerprint density at radius 1 is 1.56 bits per heavy atom. The SMILES string of the molecule is Cc1cc(Br)ccc1NC(=O)Cc1csc(N)n1. The average molecular weight is 326 g/mol. The number of nitrogens with two attached hydrogens (primary N) is 1. The van der Waals surface area contributed by atoms with E-state index >= 15 is 0 Å². The maximum absolute atomic E-state index is 11.8. The van der Waals surface area contributed by atoms with Crippen molar-refractivity contribution in [1.29, 1.82) is 0 Å². The molecule has 4 nitrogen and oxygen atoms in total. The van der Waals surface area contributed by atoms with Crippen molar-refractivity contribution in [3.63, 3.8) is 0 Å². The monoisotopic (exact) mass is 325 g/mol. The minimum absolute atomic E-state index is 0.0919. The van der Waals surface area contributed by atoms with Crippen LogP contribution in [0.15, 0.2) is 28.1 Å². The van der Waals surface area contributed by atoms with Crippen molar-refractivity contribution in [3.05, 3.63) is 39.3 Å². The molecule has 0 bridgehead atoms. The van der Waals surface area contributed by atoms with Crippen molar-refractivity contribution in [2.24, 2.45) is 0 Å². The van der Waals surface area contributed by atoms with Crippen molar-refractivity contribution in [3.8, 4) is 0 Å². The molecule has 0 saturated heterocycles. The molecule has 0 unspecified atom stereocenters. The lowest BCUT2D eigenvalue weighted by molar-refractivity contribution is -0.115. The minimum Gasteiger partial charge on any atom is -0.375 e. The van der Waals surface area contributed by atoms with Gasteiger partial charge in [-0.05, 0) is 30.7 Å². The molecule has 1 heterocycles. The van der Waals surface area contributed by atoms with E-state index in [1.807, 2.05) is 25.1 Å². The van der Waals surface area contributed by atoms with Gasteiger partial charge in [-0.1, -0.05) is 15.9 Å². The number of aromatic nitrogens is 1. The van der Waals surface area contributed by atoms with Gasteiger partial charge in [0, 0.05) is 15.5 Å². The van der Waals surface area contributed by atoms with Crippen molar-refractivity contribution >= 4 is 44.0 Å². The van der Waals surface area contributed by atoms with Gasteiger partial charge in [0.05, 0.1) is 12.1 Å². The Balaban J connectivity index is 2.03. The maximum Gasteiger partial charge on any atom is 0.230 e. The molecule has 2 rings (SSSR count). The van der Waals surface area contributed by atoms with E-state index in [-0.39, 0.29) is 12.3 Å². The van der Waals surface area contributed by atoms with Crippen LogP contribution in [0.2, 0.25) is 0 Å². The molecule has 6 heteroatoms. The van der Waals surface area contributed by atoms with Crippen LogP contribution in [0, 0.1) is 6.92 Å². The van der Waals surface area contributed by atoms with E-state index in [1.54, 1.807) is 5.38 Å². The number of anilines is 2. The van der Waals surface area contributed by atoms with Gasteiger partial charge < -0.3 is 11.1 Å². The average Bonchev–Trinajstić information content (AvgIpc) is 2.68. The standard InChI is InChI=1S/C12H12BrN3OS/c1-7-4-8(13)2-3-10(7)16-11(17)5-9-6-18-12(14)15-9/h2-4,6H,5H2,1H3,(H2,14,15)(H,16,17). The maximum atomic E-state index is 11.8. The van der Waals surface area contributed by atoms with Crippen LogP contribution in [-0.2, 0) is 11.2 Å². The van der Waals surface area contributed by atoms with Crippen molar-refractivity contribution in [1.82, 2.24) is 4.98 Å². The van der Waals surface area contributed by atoms with Crippen molar-refractivity contribution in [2.45, 2.75) is 13.3 Å². The van der Waals surface area contributed by atoms with E-state index in [1.165, 1.54) is 11.3 Å². The Kier molecular flexibility index (Phi) is 3.98. The van der Waals surface area contributed by atoms with Gasteiger partial charge in [0.1, 0.15) is 0 Å². The molecule has 0 atom stereocenters. The number of nitrogens with one attached hydrogen (secondary N) is 1. The number of hydrogen-bond acceptors (Lipinski definition) is 4. The molecular formula is C12H12BrN3OS. The van der Waals surface area contributed by atoms with Gasteiger partial charge in [0.2, 0.25) is 5.91 Å². The Morgan fingerprint density at radius 3 is 2.94 bits per heavy atom. The van der Waals surface area contributed by atoms with Gasteiger partial charge in [0.25, 0.3) is 0 Å². The van der Waals surface area contributed by atoms with Crippen LogP contribution in [0.25, 0.3) is 0 Å². The highest BCUT2D eigenvalue weighted by Crippen LogP contribution is 2.20. The fourth-order valence-corrected chi connectivity index (χ4v) is 2.57. The lowest BCUT2D eigenvalue weighted by Crippen LogP contribution is -2.15. The summed E-state index contributed by atoms with van der Waals surface area (Å²) in [5, 5.41) is 5.14. The van der Waals surface area contributed by atoms with Crippen molar-refractivity contribution in [2.75, 3.05) is 11.1 Å². The molecule has 0 aliphatic carbocycles. The number of thiazole rings is 1. The zero-order chi connectivity index (χ0) is 13.1. The van der Waals surface area contributed by atoms with Gasteiger partial charge in [0.15, 0.2) is 5.13 Å². The van der Waals surface area contributed by atoms with Crippen LogP contribution >= 0.6 is 27.3 Å². The van der Waals surface area contributed by atoms with Crippen LogP contribution in [-0.4, -0.2) is 10.9 Å². The summed E-state index contributed by atoms with van der Waals surface area (Å²) in [6, 6.07) is 5.71. The molecule has 1 aromatic carbocycles. The summed E-state index contributed by atoms with van der Waals surface area (Å²) in [6.45, 7) is 1.95. The third kappa shape index (κ3) is 3.30. The zero-order valence-corrected chi connectivity index (χ0v) is 12.1. The fraction of sp³-hybridized carbons (Fsp3) is 0.167. The number of nitrogens with zero attached hydrogens (tertiary/aromatic N) is 1. The highest BCUT2D eigenvalue weighted by atomic mass is 79.9. The van der Waals surface area contributed by atoms with Gasteiger partial charge in [-0.15, -0.1) is 11.3 Å². The van der Waals surface area contributed by atoms with E-state index in [2.05, 4.69) is 26.2 Å². The van der Waals surface area contributed by atoms with Gasteiger partial charge in [-0.3, -0.25) is 4.79 Å². The molecule has 0 fully saturated rings. The second-order valence-electron chi connectivity index (χ2n) is 3.86. The van der Waals surface area contributed by atoms with E-state index in [0.717, 1.165) is 15.7 Å². The van der Waals surface area contributed by atoms with Crippen molar-refractivity contribution < 1.29 is 4.79 Å². The molecule has 0 spiro atoms. The molecule has 0 aliphatic heterocycles. The second-order valence-corrected chi connectivity index (χ2v) is 5.67. The molecule has 0 saturated carbocycles. The number of nitrogen functional groups attached to an aromatic ring is 1. The third-order valence-electron chi connectivity index (χ3n) is 2.37. The molecule has 18 heavy (non-hydrogen) atoms. The number of amides is 1. The number of hydrogen-bond donors (Lipinski definition) is 2. The number of halogens is 1. The van der Waals surface area contributed by atoms with Gasteiger partial charge in [-0.2, -0.15) is 0 Å². The molecule has 0 aliphatic rings. The smallest absolute Gasteiger partial charge is 0.230 e. The summed E-state index contributed by atoms with van der Waals surface area (Å²) in [6.07, 6.45) is 0.239. The van der Waals surface area contributed by atoms with E-state index in [9.17, 15) is 4.79 Å². The summed E-state index contributed by atoms with van der Waals surface area (Å²) < 4.78 is 0.991. The molecule has 1 amide bonds. The summed E-state index contributed by atoms with van der Waals surface area (Å²) in [5.41, 5.74) is 8.04. The van der Waals surface area contributed by atoms with E-state index in [4.69, 9.17) is 5.73 Å². The summed E-state index contributed by atoms with van der Waals surface area (Å²) in [4.78, 5) is 15.9. The predicted octanol–water partition coefficient (Wildman–Crippen LogP) is 2.98. The van der Waals surface area contributed by atoms with Gasteiger partial charge >= 0.3 is 0 Å². The van der Waals surface area contributed by atoms with Crippen LogP contribution in [0.4, 0.5) is 10.8 Å². The summed E-state index contributed by atoms with van der Waals surface area (Å²) in [7, 11) is 0. The van der Waals surface area contributed by atoms with Gasteiger partial charge in [-0.25, -0.2) is 4.98 Å². The highest BCUT2D eigenvalue weighted by Gasteiger charge is 2.08. The first-order chi connectivity index (χ1) is 8.54. The molecule has 2 aromatic rings. The zero-order valence-electron chi connectivity index (χ0n) is 9.74. The highest BCUT2D eigenvalue weighted by molar-refractivity contribution is 9.10. The second kappa shape index (κ2) is 5.49. The topological polar surface area (TPSA) is 68.0 Å². The van der Waals surface area contributed by atoms with E-state index in [0.29, 0.717) is 10.8 Å². The van der Waals surface area contributed by atoms with Crippen LogP contribution in [0.1, 0.15) is 11.3 Å². The summed E-state index contributed by atoms with van der Waals surface area (Å²) >= 11 is 4.72. The third-order valence-corrected chi connectivity index (χ3v) is 3.59. The fourth-order valence-electron chi connectivity index (χ4n) is 1.53. The number of rotatable bonds is 3. The van der Waals surface area contributed by atoms with Crippen LogP contribution in [0.5, 0.6) is 0 Å². The van der Waals surface area contributed by atoms with Crippen LogP contribution < -0.4 is 11.1 Å². The molecule has 1 aromatic heterocycles. The Labute approximate surface area is 117 Å². The molecule has 94 valence electrons. The quantitative estimate of drug-likeness (QED) is 0.911. The number of benzene rings is 1. The first kappa shape index (κ1) is 13.0. The molecule has 3 N–H and O–H groups in total. The van der Waals surface area contributed by atoms with Crippen LogP contribution in [0.3, 0.4) is 0 Å². The Hall–Kier alpha value is -1.40.